The van der Waals surface area contributed by atoms with Crippen molar-refractivity contribution in [2.75, 3.05) is 17.4 Å². The second-order valence-electron chi connectivity index (χ2n) is 10.1. The molecule has 2 amide bonds. The zero-order valence-electron chi connectivity index (χ0n) is 23.4. The number of halogens is 3. The molecule has 0 radical (unpaired) electrons. The minimum absolute atomic E-state index is 0.0111. The highest BCUT2D eigenvalue weighted by molar-refractivity contribution is 7.92. The molecule has 220 valence electrons. The van der Waals surface area contributed by atoms with Crippen LogP contribution in [-0.2, 0) is 26.2 Å². The third kappa shape index (κ3) is 8.38. The number of sulfonamides is 1. The minimum Gasteiger partial charge on any atom is -0.354 e. The van der Waals surface area contributed by atoms with E-state index in [1.807, 2.05) is 13.8 Å². The summed E-state index contributed by atoms with van der Waals surface area (Å²) in [5.41, 5.74) is 1.62. The van der Waals surface area contributed by atoms with Crippen LogP contribution in [0.25, 0.3) is 0 Å². The van der Waals surface area contributed by atoms with Gasteiger partial charge in [0.2, 0.25) is 11.8 Å². The lowest BCUT2D eigenvalue weighted by atomic mass is 10.1. The lowest BCUT2D eigenvalue weighted by Gasteiger charge is -2.33. The summed E-state index contributed by atoms with van der Waals surface area (Å²) in [5.74, 6) is -0.697. The number of hydrogen-bond acceptors (Lipinski definition) is 4. The Labute approximate surface area is 257 Å². The van der Waals surface area contributed by atoms with Crippen LogP contribution in [0.1, 0.15) is 38.3 Å². The number of carbonyl (C=O) groups excluding carboxylic acids is 2. The topological polar surface area (TPSA) is 86.8 Å². The summed E-state index contributed by atoms with van der Waals surface area (Å²) in [6.07, 6.45) is 0.304. The maximum atomic E-state index is 14.1. The van der Waals surface area contributed by atoms with Gasteiger partial charge in [0.1, 0.15) is 12.6 Å². The molecule has 0 heterocycles. The van der Waals surface area contributed by atoms with Crippen molar-refractivity contribution < 1.29 is 18.0 Å². The summed E-state index contributed by atoms with van der Waals surface area (Å²) in [7, 11) is -4.18. The van der Waals surface area contributed by atoms with Crippen molar-refractivity contribution in [2.45, 2.75) is 51.6 Å². The molecule has 0 aliphatic rings. The normalized spacial score (nSPS) is 12.2. The van der Waals surface area contributed by atoms with E-state index in [0.29, 0.717) is 33.6 Å². The maximum Gasteiger partial charge on any atom is 0.264 e. The number of rotatable bonds is 12. The van der Waals surface area contributed by atoms with E-state index in [-0.39, 0.29) is 29.0 Å². The van der Waals surface area contributed by atoms with Gasteiger partial charge in [0, 0.05) is 18.1 Å². The van der Waals surface area contributed by atoms with Crippen LogP contribution in [0.3, 0.4) is 0 Å². The van der Waals surface area contributed by atoms with E-state index in [1.54, 1.807) is 62.4 Å². The summed E-state index contributed by atoms with van der Waals surface area (Å²) in [6, 6.07) is 16.7. The van der Waals surface area contributed by atoms with Gasteiger partial charge in [-0.2, -0.15) is 0 Å². The van der Waals surface area contributed by atoms with Crippen LogP contribution in [-0.4, -0.2) is 44.3 Å². The lowest BCUT2D eigenvalue weighted by Crippen LogP contribution is -2.52. The van der Waals surface area contributed by atoms with Crippen molar-refractivity contribution in [1.29, 1.82) is 0 Å². The maximum absolute atomic E-state index is 14.1. The van der Waals surface area contributed by atoms with Crippen molar-refractivity contribution >= 4 is 62.3 Å². The molecule has 0 saturated heterocycles. The van der Waals surface area contributed by atoms with E-state index >= 15 is 0 Å². The molecule has 0 aliphatic carbocycles. The number of hydrogen-bond donors (Lipinski definition) is 1. The van der Waals surface area contributed by atoms with Gasteiger partial charge in [-0.3, -0.25) is 13.9 Å². The highest BCUT2D eigenvalue weighted by Crippen LogP contribution is 2.29. The van der Waals surface area contributed by atoms with Crippen molar-refractivity contribution in [1.82, 2.24) is 10.2 Å². The summed E-state index contributed by atoms with van der Waals surface area (Å²) in [6.45, 7) is 7.42. The lowest BCUT2D eigenvalue weighted by molar-refractivity contribution is -0.140. The molecule has 41 heavy (non-hydrogen) atoms. The number of carbonyl (C=O) groups is 2. The van der Waals surface area contributed by atoms with Crippen LogP contribution >= 0.6 is 34.8 Å². The molecule has 3 aromatic rings. The van der Waals surface area contributed by atoms with Crippen molar-refractivity contribution in [3.8, 4) is 0 Å². The molecule has 0 unspecified atom stereocenters. The molecule has 7 nitrogen and oxygen atoms in total. The fourth-order valence-electron chi connectivity index (χ4n) is 4.16. The van der Waals surface area contributed by atoms with Crippen LogP contribution in [0.5, 0.6) is 0 Å². The molecule has 3 aromatic carbocycles. The predicted octanol–water partition coefficient (Wildman–Crippen LogP) is 6.73. The Kier molecular flexibility index (Phi) is 11.5. The quantitative estimate of drug-likeness (QED) is 0.238. The van der Waals surface area contributed by atoms with E-state index in [1.165, 1.54) is 23.1 Å². The zero-order valence-corrected chi connectivity index (χ0v) is 26.5. The van der Waals surface area contributed by atoms with Crippen LogP contribution in [0.2, 0.25) is 15.1 Å². The summed E-state index contributed by atoms with van der Waals surface area (Å²) in [4.78, 5) is 28.8. The molecule has 0 spiro atoms. The van der Waals surface area contributed by atoms with E-state index in [9.17, 15) is 18.0 Å². The van der Waals surface area contributed by atoms with Crippen LogP contribution < -0.4 is 9.62 Å². The second kappa shape index (κ2) is 14.4. The highest BCUT2D eigenvalue weighted by atomic mass is 35.5. The van der Waals surface area contributed by atoms with Crippen LogP contribution in [0.15, 0.2) is 71.6 Å². The first-order valence-electron chi connectivity index (χ1n) is 13.2. The van der Waals surface area contributed by atoms with Gasteiger partial charge < -0.3 is 10.2 Å². The highest BCUT2D eigenvalue weighted by Gasteiger charge is 2.34. The van der Waals surface area contributed by atoms with Crippen molar-refractivity contribution in [3.63, 3.8) is 0 Å². The van der Waals surface area contributed by atoms with Gasteiger partial charge in [-0.1, -0.05) is 85.9 Å². The van der Waals surface area contributed by atoms with Gasteiger partial charge in [-0.15, -0.1) is 0 Å². The van der Waals surface area contributed by atoms with Crippen LogP contribution in [0, 0.1) is 12.8 Å². The molecule has 0 saturated carbocycles. The predicted molar refractivity (Wildman–Crippen MR) is 166 cm³/mol. The fraction of sp³-hybridized carbons (Fsp3) is 0.333. The molecule has 0 fully saturated rings. The van der Waals surface area contributed by atoms with E-state index in [4.69, 9.17) is 34.8 Å². The third-order valence-electron chi connectivity index (χ3n) is 6.46. The van der Waals surface area contributed by atoms with E-state index < -0.39 is 28.5 Å². The summed E-state index contributed by atoms with van der Waals surface area (Å²) in [5, 5.41) is 3.91. The molecule has 0 aliphatic heterocycles. The Morgan fingerprint density at radius 3 is 2.17 bits per heavy atom. The number of aryl methyl sites for hydroxylation is 1. The first-order chi connectivity index (χ1) is 19.3. The van der Waals surface area contributed by atoms with Gasteiger partial charge in [-0.05, 0) is 66.8 Å². The molecule has 11 heteroatoms. The number of nitrogens with zero attached hydrogens (tertiary/aromatic N) is 2. The standard InChI is InChI=1S/C30H34Cl3N3O4S/c1-5-28(30(38)34-17-20(2)3)35(18-22-12-14-25(31)27(33)15-22)29(37)19-36(23-13-11-21(4)26(32)16-23)41(39,40)24-9-7-6-8-10-24/h6-16,20,28H,5,17-19H2,1-4H3,(H,34,38)/t28-/m1/s1. The number of anilines is 1. The van der Waals surface area contributed by atoms with E-state index in [2.05, 4.69) is 5.32 Å². The minimum atomic E-state index is -4.18. The van der Waals surface area contributed by atoms with Gasteiger partial charge in [0.05, 0.1) is 20.6 Å². The Morgan fingerprint density at radius 1 is 0.902 bits per heavy atom. The first kappa shape index (κ1) is 32.7. The zero-order chi connectivity index (χ0) is 30.3. The average molecular weight is 639 g/mol. The third-order valence-corrected chi connectivity index (χ3v) is 9.40. The molecular formula is C30H34Cl3N3O4S. The van der Waals surface area contributed by atoms with Gasteiger partial charge in [0.15, 0.2) is 0 Å². The largest absolute Gasteiger partial charge is 0.354 e. The first-order valence-corrected chi connectivity index (χ1v) is 15.8. The van der Waals surface area contributed by atoms with Crippen molar-refractivity contribution in [2.24, 2.45) is 5.92 Å². The Balaban J connectivity index is 2.07. The summed E-state index contributed by atoms with van der Waals surface area (Å²) < 4.78 is 28.8. The molecule has 0 bridgehead atoms. The Bertz CT molecular complexity index is 1480. The second-order valence-corrected chi connectivity index (χ2v) is 13.2. The van der Waals surface area contributed by atoms with Gasteiger partial charge >= 0.3 is 0 Å². The Morgan fingerprint density at radius 2 is 1.59 bits per heavy atom. The molecule has 3 rings (SSSR count). The average Bonchev–Trinajstić information content (AvgIpc) is 2.94. The summed E-state index contributed by atoms with van der Waals surface area (Å²) >= 11 is 18.7. The molecule has 1 atom stereocenters. The fourth-order valence-corrected chi connectivity index (χ4v) is 6.08. The molecule has 0 aromatic heterocycles. The smallest absolute Gasteiger partial charge is 0.264 e. The van der Waals surface area contributed by atoms with E-state index in [0.717, 1.165) is 9.87 Å². The monoisotopic (exact) mass is 637 g/mol. The van der Waals surface area contributed by atoms with Crippen molar-refractivity contribution in [3.05, 3.63) is 92.9 Å². The number of nitrogens with one attached hydrogen (secondary N) is 1. The van der Waals surface area contributed by atoms with Crippen LogP contribution in [0.4, 0.5) is 5.69 Å². The molecule has 1 N–H and O–H groups in total. The SMILES string of the molecule is CC[C@H](C(=O)NCC(C)C)N(Cc1ccc(Cl)c(Cl)c1)C(=O)CN(c1ccc(C)c(Cl)c1)S(=O)(=O)c1ccccc1. The number of benzene rings is 3. The van der Waals surface area contributed by atoms with Gasteiger partial charge in [0.25, 0.3) is 10.0 Å². The Hall–Kier alpha value is -2.78. The van der Waals surface area contributed by atoms with Gasteiger partial charge in [-0.25, -0.2) is 8.42 Å². The number of amides is 2. The molecular weight excluding hydrogens is 605 g/mol.